The maximum absolute atomic E-state index is 13.3. The molecule has 6 heteroatoms. The molecular formula is C15H18FN3OS. The highest BCUT2D eigenvalue weighted by Crippen LogP contribution is 2.28. The normalized spacial score (nSPS) is 10.8. The molecule has 0 spiro atoms. The van der Waals surface area contributed by atoms with Crippen molar-refractivity contribution in [2.75, 3.05) is 6.54 Å². The fourth-order valence-electron chi connectivity index (χ4n) is 2.02. The zero-order valence-electron chi connectivity index (χ0n) is 11.9. The van der Waals surface area contributed by atoms with Crippen molar-refractivity contribution in [1.29, 1.82) is 0 Å². The molecule has 3 N–H and O–H groups in total. The lowest BCUT2D eigenvalue weighted by Crippen LogP contribution is -2.10. The van der Waals surface area contributed by atoms with Crippen molar-refractivity contribution in [2.45, 2.75) is 36.2 Å². The van der Waals surface area contributed by atoms with Gasteiger partial charge in [0.1, 0.15) is 5.82 Å². The van der Waals surface area contributed by atoms with Gasteiger partial charge in [0.15, 0.2) is 5.16 Å². The molecular weight excluding hydrogens is 289 g/mol. The van der Waals surface area contributed by atoms with Crippen LogP contribution in [0.2, 0.25) is 0 Å². The Morgan fingerprint density at radius 1 is 1.33 bits per heavy atom. The number of benzene rings is 1. The average molecular weight is 307 g/mol. The van der Waals surface area contributed by atoms with Gasteiger partial charge in [-0.05, 0) is 43.1 Å². The molecule has 0 saturated carbocycles. The van der Waals surface area contributed by atoms with E-state index in [1.165, 1.54) is 30.0 Å². The number of nitrogens with two attached hydrogens (primary N) is 1. The highest BCUT2D eigenvalue weighted by atomic mass is 32.2. The Hall–Kier alpha value is -1.66. The Morgan fingerprint density at radius 3 is 2.86 bits per heavy atom. The lowest BCUT2D eigenvalue weighted by Gasteiger charge is -2.08. The summed E-state index contributed by atoms with van der Waals surface area (Å²) in [5.41, 5.74) is 6.98. The monoisotopic (exact) mass is 307 g/mol. The van der Waals surface area contributed by atoms with Gasteiger partial charge in [0.25, 0.3) is 5.56 Å². The molecule has 0 aliphatic heterocycles. The number of aryl methyl sites for hydroxylation is 1. The molecule has 0 fully saturated rings. The van der Waals surface area contributed by atoms with E-state index >= 15 is 0 Å². The van der Waals surface area contributed by atoms with E-state index in [2.05, 4.69) is 9.97 Å². The summed E-state index contributed by atoms with van der Waals surface area (Å²) in [6.07, 6.45) is 2.27. The smallest absolute Gasteiger partial charge is 0.251 e. The lowest BCUT2D eigenvalue weighted by atomic mass is 10.1. The van der Waals surface area contributed by atoms with Crippen molar-refractivity contribution in [3.05, 3.63) is 51.7 Å². The van der Waals surface area contributed by atoms with Crippen molar-refractivity contribution in [2.24, 2.45) is 5.73 Å². The third-order valence-electron chi connectivity index (χ3n) is 2.92. The molecule has 112 valence electrons. The number of aromatic nitrogens is 2. The third kappa shape index (κ3) is 4.41. The van der Waals surface area contributed by atoms with E-state index in [9.17, 15) is 9.18 Å². The topological polar surface area (TPSA) is 71.8 Å². The number of nitrogens with zero attached hydrogens (tertiary/aromatic N) is 1. The second-order valence-electron chi connectivity index (χ2n) is 4.68. The average Bonchev–Trinajstić information content (AvgIpc) is 2.42. The lowest BCUT2D eigenvalue weighted by molar-refractivity contribution is 0.623. The first-order valence-electron chi connectivity index (χ1n) is 6.89. The van der Waals surface area contributed by atoms with Gasteiger partial charge in [0.05, 0.1) is 0 Å². The molecule has 1 aromatic carbocycles. The number of hydrogen-bond acceptors (Lipinski definition) is 4. The molecule has 0 unspecified atom stereocenters. The Labute approximate surface area is 127 Å². The SMILES string of the molecule is CCCc1cc(=O)[nH]c(Sc2ccc(F)cc2CCN)n1. The van der Waals surface area contributed by atoms with Crippen LogP contribution in [0.25, 0.3) is 0 Å². The van der Waals surface area contributed by atoms with Gasteiger partial charge in [-0.15, -0.1) is 0 Å². The van der Waals surface area contributed by atoms with Crippen molar-refractivity contribution in [3.63, 3.8) is 0 Å². The molecule has 0 aliphatic rings. The van der Waals surface area contributed by atoms with Gasteiger partial charge in [0.2, 0.25) is 0 Å². The molecule has 21 heavy (non-hydrogen) atoms. The van der Waals surface area contributed by atoms with E-state index in [4.69, 9.17) is 5.73 Å². The maximum atomic E-state index is 13.3. The minimum Gasteiger partial charge on any atom is -0.330 e. The fourth-order valence-corrected chi connectivity index (χ4v) is 2.97. The van der Waals surface area contributed by atoms with Crippen LogP contribution < -0.4 is 11.3 Å². The van der Waals surface area contributed by atoms with Crippen molar-refractivity contribution >= 4 is 11.8 Å². The van der Waals surface area contributed by atoms with Gasteiger partial charge in [-0.3, -0.25) is 4.79 Å². The number of rotatable bonds is 6. The van der Waals surface area contributed by atoms with Crippen LogP contribution in [0.15, 0.2) is 39.1 Å². The van der Waals surface area contributed by atoms with Crippen molar-refractivity contribution in [3.8, 4) is 0 Å². The van der Waals surface area contributed by atoms with Crippen LogP contribution in [0.1, 0.15) is 24.6 Å². The van der Waals surface area contributed by atoms with Gasteiger partial charge >= 0.3 is 0 Å². The summed E-state index contributed by atoms with van der Waals surface area (Å²) in [7, 11) is 0. The largest absolute Gasteiger partial charge is 0.330 e. The minimum absolute atomic E-state index is 0.168. The first-order chi connectivity index (χ1) is 10.1. The summed E-state index contributed by atoms with van der Waals surface area (Å²) >= 11 is 1.33. The number of nitrogens with one attached hydrogen (secondary N) is 1. The first-order valence-corrected chi connectivity index (χ1v) is 7.70. The van der Waals surface area contributed by atoms with E-state index < -0.39 is 0 Å². The molecule has 1 heterocycles. The van der Waals surface area contributed by atoms with Crippen LogP contribution >= 0.6 is 11.8 Å². The quantitative estimate of drug-likeness (QED) is 0.804. The van der Waals surface area contributed by atoms with E-state index in [0.717, 1.165) is 29.0 Å². The second-order valence-corrected chi connectivity index (χ2v) is 5.72. The summed E-state index contributed by atoms with van der Waals surface area (Å²) in [6.45, 7) is 2.48. The zero-order valence-corrected chi connectivity index (χ0v) is 12.7. The standard InChI is InChI=1S/C15H18FN3OS/c1-2-3-12-9-14(20)19-15(18-12)21-13-5-4-11(16)8-10(13)6-7-17/h4-5,8-9H,2-3,6-7,17H2,1H3,(H,18,19,20). The molecule has 0 bridgehead atoms. The predicted molar refractivity (Wildman–Crippen MR) is 82.1 cm³/mol. The van der Waals surface area contributed by atoms with Crippen LogP contribution in [0.3, 0.4) is 0 Å². The summed E-state index contributed by atoms with van der Waals surface area (Å²) in [5.74, 6) is -0.288. The molecule has 1 aromatic heterocycles. The van der Waals surface area contributed by atoms with E-state index in [0.29, 0.717) is 18.1 Å². The molecule has 0 aliphatic carbocycles. The van der Waals surface area contributed by atoms with E-state index in [1.54, 1.807) is 6.07 Å². The molecule has 2 rings (SSSR count). The van der Waals surface area contributed by atoms with Crippen molar-refractivity contribution < 1.29 is 4.39 Å². The Bertz CT molecular complexity index is 672. The van der Waals surface area contributed by atoms with E-state index in [-0.39, 0.29) is 11.4 Å². The highest BCUT2D eigenvalue weighted by Gasteiger charge is 2.08. The first kappa shape index (κ1) is 15.7. The minimum atomic E-state index is -0.288. The molecule has 0 radical (unpaired) electrons. The third-order valence-corrected chi connectivity index (χ3v) is 3.93. The van der Waals surface area contributed by atoms with Gasteiger partial charge in [-0.25, -0.2) is 9.37 Å². The number of hydrogen-bond donors (Lipinski definition) is 2. The van der Waals surface area contributed by atoms with Gasteiger partial charge in [-0.1, -0.05) is 25.1 Å². The van der Waals surface area contributed by atoms with E-state index in [1.807, 2.05) is 6.92 Å². The number of H-pyrrole nitrogens is 1. The number of aromatic amines is 1. The summed E-state index contributed by atoms with van der Waals surface area (Å²) in [5, 5.41) is 0.524. The highest BCUT2D eigenvalue weighted by molar-refractivity contribution is 7.99. The Morgan fingerprint density at radius 2 is 2.14 bits per heavy atom. The second kappa shape index (κ2) is 7.38. The maximum Gasteiger partial charge on any atom is 0.251 e. The van der Waals surface area contributed by atoms with Crippen LogP contribution in [-0.2, 0) is 12.8 Å². The van der Waals surface area contributed by atoms with Crippen LogP contribution in [0, 0.1) is 5.82 Å². The Balaban J connectivity index is 2.31. The predicted octanol–water partition coefficient (Wildman–Crippen LogP) is 2.51. The van der Waals surface area contributed by atoms with Gasteiger partial charge in [-0.2, -0.15) is 0 Å². The summed E-state index contributed by atoms with van der Waals surface area (Å²) in [4.78, 5) is 19.6. The van der Waals surface area contributed by atoms with Gasteiger partial charge < -0.3 is 10.7 Å². The van der Waals surface area contributed by atoms with Gasteiger partial charge in [0, 0.05) is 16.7 Å². The van der Waals surface area contributed by atoms with Crippen LogP contribution in [0.4, 0.5) is 4.39 Å². The van der Waals surface area contributed by atoms with Crippen LogP contribution in [-0.4, -0.2) is 16.5 Å². The fraction of sp³-hybridized carbons (Fsp3) is 0.333. The molecule has 2 aromatic rings. The van der Waals surface area contributed by atoms with Crippen molar-refractivity contribution in [1.82, 2.24) is 9.97 Å². The molecule has 4 nitrogen and oxygen atoms in total. The number of halogens is 1. The molecule has 0 atom stereocenters. The molecule has 0 saturated heterocycles. The Kier molecular flexibility index (Phi) is 5.52. The summed E-state index contributed by atoms with van der Waals surface area (Å²) in [6, 6.07) is 6.08. The summed E-state index contributed by atoms with van der Waals surface area (Å²) < 4.78 is 13.3. The molecule has 0 amide bonds. The van der Waals surface area contributed by atoms with Crippen LogP contribution in [0.5, 0.6) is 0 Å². The zero-order chi connectivity index (χ0) is 15.2.